The number of carbonyl (C=O) groups is 1. The zero-order valence-electron chi connectivity index (χ0n) is 12.4. The molecular weight excluding hydrogens is 322 g/mol. The average Bonchev–Trinajstić information content (AvgIpc) is 2.83. The number of carbonyl (C=O) groups excluding carboxylic acids is 1. The molecule has 1 aromatic heterocycles. The van der Waals surface area contributed by atoms with Gasteiger partial charge >= 0.3 is 0 Å². The van der Waals surface area contributed by atoms with E-state index in [0.717, 1.165) is 18.7 Å². The largest absolute Gasteiger partial charge is 0.336 e. The molecule has 1 amide bonds. The summed E-state index contributed by atoms with van der Waals surface area (Å²) < 4.78 is 1.44. The van der Waals surface area contributed by atoms with E-state index in [1.807, 2.05) is 6.92 Å². The van der Waals surface area contributed by atoms with E-state index >= 15 is 0 Å². The molecule has 8 heteroatoms. The molecule has 0 aliphatic carbocycles. The average molecular weight is 340 g/mol. The monoisotopic (exact) mass is 339 g/mol. The van der Waals surface area contributed by atoms with Gasteiger partial charge in [0.1, 0.15) is 0 Å². The van der Waals surface area contributed by atoms with Crippen molar-refractivity contribution in [3.05, 3.63) is 35.1 Å². The van der Waals surface area contributed by atoms with Crippen molar-refractivity contribution in [2.75, 3.05) is 11.2 Å². The zero-order valence-corrected chi connectivity index (χ0v) is 14.0. The van der Waals surface area contributed by atoms with Gasteiger partial charge in [0.2, 0.25) is 11.1 Å². The first-order chi connectivity index (χ1) is 10.5. The van der Waals surface area contributed by atoms with Crippen molar-refractivity contribution in [3.63, 3.8) is 0 Å². The summed E-state index contributed by atoms with van der Waals surface area (Å²) in [7, 11) is 0. The number of aryl methyl sites for hydroxylation is 1. The molecule has 2 rings (SSSR count). The van der Waals surface area contributed by atoms with E-state index < -0.39 is 0 Å². The van der Waals surface area contributed by atoms with Gasteiger partial charge in [-0.3, -0.25) is 4.79 Å². The number of aromatic nitrogens is 3. The van der Waals surface area contributed by atoms with Gasteiger partial charge in [-0.25, -0.2) is 4.68 Å². The lowest BCUT2D eigenvalue weighted by Crippen LogP contribution is -2.23. The molecule has 0 saturated heterocycles. The summed E-state index contributed by atoms with van der Waals surface area (Å²) >= 11 is 7.09. The van der Waals surface area contributed by atoms with Crippen molar-refractivity contribution >= 4 is 35.0 Å². The minimum absolute atomic E-state index is 0.132. The molecule has 1 atom stereocenters. The van der Waals surface area contributed by atoms with Crippen LogP contribution in [0.3, 0.4) is 0 Å². The number of nitrogens with zero attached hydrogens (tertiary/aromatic N) is 3. The van der Waals surface area contributed by atoms with Gasteiger partial charge < -0.3 is 11.2 Å². The lowest BCUT2D eigenvalue weighted by Gasteiger charge is -2.11. The van der Waals surface area contributed by atoms with Crippen LogP contribution in [0.15, 0.2) is 29.4 Å². The topological polar surface area (TPSA) is 85.8 Å². The van der Waals surface area contributed by atoms with Gasteiger partial charge in [-0.1, -0.05) is 30.3 Å². The van der Waals surface area contributed by atoms with E-state index in [4.69, 9.17) is 17.4 Å². The van der Waals surface area contributed by atoms with E-state index in [9.17, 15) is 4.79 Å². The van der Waals surface area contributed by atoms with Crippen molar-refractivity contribution in [2.45, 2.75) is 37.1 Å². The standard InChI is InChI=1S/C14H18ClN5OS/c1-3-4-12-18-19-14(20(12)16)22-9(2)13(21)17-11-7-5-10(15)6-8-11/h5-9H,3-4,16H2,1-2H3,(H,17,21)/t9-/m0/s1. The summed E-state index contributed by atoms with van der Waals surface area (Å²) in [5, 5.41) is 11.7. The first-order valence-corrected chi connectivity index (χ1v) is 8.19. The number of nitrogen functional groups attached to an aromatic ring is 1. The Morgan fingerprint density at radius 1 is 1.41 bits per heavy atom. The van der Waals surface area contributed by atoms with Crippen LogP contribution < -0.4 is 11.2 Å². The smallest absolute Gasteiger partial charge is 0.237 e. The number of hydrogen-bond donors (Lipinski definition) is 2. The molecule has 0 saturated carbocycles. The second-order valence-corrected chi connectivity index (χ2v) is 6.52. The predicted octanol–water partition coefficient (Wildman–Crippen LogP) is 2.72. The third-order valence-corrected chi connectivity index (χ3v) is 4.28. The van der Waals surface area contributed by atoms with E-state index in [-0.39, 0.29) is 11.2 Å². The van der Waals surface area contributed by atoms with Crippen molar-refractivity contribution in [2.24, 2.45) is 0 Å². The van der Waals surface area contributed by atoms with Gasteiger partial charge in [0.25, 0.3) is 0 Å². The number of halogens is 1. The number of benzene rings is 1. The Morgan fingerprint density at radius 2 is 2.09 bits per heavy atom. The van der Waals surface area contributed by atoms with Crippen molar-refractivity contribution in [1.29, 1.82) is 0 Å². The molecule has 2 aromatic rings. The number of nitrogens with two attached hydrogens (primary N) is 1. The number of anilines is 1. The van der Waals surface area contributed by atoms with Crippen molar-refractivity contribution in [1.82, 2.24) is 14.9 Å². The molecule has 0 unspecified atom stereocenters. The van der Waals surface area contributed by atoms with Gasteiger partial charge in [0, 0.05) is 17.1 Å². The van der Waals surface area contributed by atoms with Gasteiger partial charge in [0.15, 0.2) is 5.82 Å². The van der Waals surface area contributed by atoms with Gasteiger partial charge in [-0.15, -0.1) is 10.2 Å². The normalized spacial score (nSPS) is 12.1. The molecule has 0 bridgehead atoms. The molecule has 0 spiro atoms. The third kappa shape index (κ3) is 4.14. The molecule has 118 valence electrons. The lowest BCUT2D eigenvalue weighted by molar-refractivity contribution is -0.115. The molecule has 0 aliphatic heterocycles. The second-order valence-electron chi connectivity index (χ2n) is 4.78. The highest BCUT2D eigenvalue weighted by Gasteiger charge is 2.19. The Kier molecular flexibility index (Phi) is 5.68. The third-order valence-electron chi connectivity index (χ3n) is 2.97. The van der Waals surface area contributed by atoms with Crippen LogP contribution in [0, 0.1) is 0 Å². The number of hydrogen-bond acceptors (Lipinski definition) is 5. The molecule has 1 heterocycles. The van der Waals surface area contributed by atoms with Crippen LogP contribution in [0.2, 0.25) is 5.02 Å². The SMILES string of the molecule is CCCc1nnc(S[C@@H](C)C(=O)Nc2ccc(Cl)cc2)n1N. The van der Waals surface area contributed by atoms with Crippen LogP contribution in [0.25, 0.3) is 0 Å². The predicted molar refractivity (Wildman–Crippen MR) is 89.6 cm³/mol. The highest BCUT2D eigenvalue weighted by molar-refractivity contribution is 8.00. The van der Waals surface area contributed by atoms with Crippen LogP contribution >= 0.6 is 23.4 Å². The second kappa shape index (κ2) is 7.51. The van der Waals surface area contributed by atoms with Crippen LogP contribution in [-0.4, -0.2) is 26.0 Å². The summed E-state index contributed by atoms with van der Waals surface area (Å²) in [6.45, 7) is 3.84. The number of rotatable bonds is 6. The van der Waals surface area contributed by atoms with Gasteiger partial charge in [-0.05, 0) is 37.6 Å². The maximum Gasteiger partial charge on any atom is 0.237 e. The van der Waals surface area contributed by atoms with Crippen molar-refractivity contribution in [3.8, 4) is 0 Å². The first kappa shape index (κ1) is 16.6. The number of amides is 1. The van der Waals surface area contributed by atoms with E-state index in [1.165, 1.54) is 16.4 Å². The fourth-order valence-corrected chi connectivity index (χ4v) is 2.69. The Labute approximate surface area is 138 Å². The maximum atomic E-state index is 12.2. The van der Waals surface area contributed by atoms with Crippen LogP contribution in [0.1, 0.15) is 26.1 Å². The molecule has 0 radical (unpaired) electrons. The lowest BCUT2D eigenvalue weighted by atomic mass is 10.3. The quantitative estimate of drug-likeness (QED) is 0.624. The van der Waals surface area contributed by atoms with Gasteiger partial charge in [-0.2, -0.15) is 0 Å². The molecule has 6 nitrogen and oxygen atoms in total. The summed E-state index contributed by atoms with van der Waals surface area (Å²) in [5.74, 6) is 6.52. The molecule has 3 N–H and O–H groups in total. The molecule has 0 fully saturated rings. The maximum absolute atomic E-state index is 12.2. The summed E-state index contributed by atoms with van der Waals surface area (Å²) in [5.41, 5.74) is 0.697. The van der Waals surface area contributed by atoms with E-state index in [0.29, 0.717) is 15.9 Å². The van der Waals surface area contributed by atoms with E-state index in [1.54, 1.807) is 31.2 Å². The van der Waals surface area contributed by atoms with Gasteiger partial charge in [0.05, 0.1) is 5.25 Å². The Balaban J connectivity index is 1.97. The summed E-state index contributed by atoms with van der Waals surface area (Å²) in [6.07, 6.45) is 1.70. The van der Waals surface area contributed by atoms with Crippen LogP contribution in [0.5, 0.6) is 0 Å². The Bertz CT molecular complexity index is 643. The Hall–Kier alpha value is -1.73. The molecule has 1 aromatic carbocycles. The van der Waals surface area contributed by atoms with Crippen molar-refractivity contribution < 1.29 is 4.79 Å². The minimum atomic E-state index is -0.350. The fraction of sp³-hybridized carbons (Fsp3) is 0.357. The number of nitrogens with one attached hydrogen (secondary N) is 1. The van der Waals surface area contributed by atoms with Crippen LogP contribution in [-0.2, 0) is 11.2 Å². The van der Waals surface area contributed by atoms with E-state index in [2.05, 4.69) is 15.5 Å². The molecular formula is C14H18ClN5OS. The molecule has 0 aliphatic rings. The molecule has 22 heavy (non-hydrogen) atoms. The Morgan fingerprint density at radius 3 is 2.73 bits per heavy atom. The minimum Gasteiger partial charge on any atom is -0.336 e. The highest BCUT2D eigenvalue weighted by atomic mass is 35.5. The highest BCUT2D eigenvalue weighted by Crippen LogP contribution is 2.22. The zero-order chi connectivity index (χ0) is 16.1. The summed E-state index contributed by atoms with van der Waals surface area (Å²) in [6, 6.07) is 6.95. The summed E-state index contributed by atoms with van der Waals surface area (Å²) in [4.78, 5) is 12.2. The fourth-order valence-electron chi connectivity index (χ4n) is 1.77. The number of thioether (sulfide) groups is 1. The van der Waals surface area contributed by atoms with Crippen LogP contribution in [0.4, 0.5) is 5.69 Å². The first-order valence-electron chi connectivity index (χ1n) is 6.93.